The zero-order valence-electron chi connectivity index (χ0n) is 10.6. The molecule has 2 aromatic rings. The van der Waals surface area contributed by atoms with Gasteiger partial charge in [0.15, 0.2) is 0 Å². The molecule has 110 valence electrons. The third kappa shape index (κ3) is 3.65. The van der Waals surface area contributed by atoms with Crippen LogP contribution in [-0.2, 0) is 12.7 Å². The van der Waals surface area contributed by atoms with Gasteiger partial charge in [-0.25, -0.2) is 4.98 Å². The Morgan fingerprint density at radius 1 is 1.29 bits per heavy atom. The molecule has 0 bridgehead atoms. The monoisotopic (exact) mass is 297 g/mol. The van der Waals surface area contributed by atoms with Gasteiger partial charge in [-0.1, -0.05) is 0 Å². The van der Waals surface area contributed by atoms with Crippen molar-refractivity contribution in [2.24, 2.45) is 5.73 Å². The molecule has 0 saturated carbocycles. The van der Waals surface area contributed by atoms with Crippen LogP contribution in [0.3, 0.4) is 0 Å². The van der Waals surface area contributed by atoms with Crippen LogP contribution >= 0.6 is 0 Å². The molecule has 1 amide bonds. The van der Waals surface area contributed by atoms with Crippen LogP contribution in [0.5, 0.6) is 0 Å². The van der Waals surface area contributed by atoms with Crippen LogP contribution in [0.4, 0.5) is 19.0 Å². The molecule has 0 unspecified atom stereocenters. The Bertz CT molecular complexity index is 645. The second kappa shape index (κ2) is 5.73. The number of primary amides is 1. The first-order valence-corrected chi connectivity index (χ1v) is 5.76. The van der Waals surface area contributed by atoms with Crippen LogP contribution < -0.4 is 11.1 Å². The highest BCUT2D eigenvalue weighted by molar-refractivity contribution is 5.97. The van der Waals surface area contributed by atoms with Gasteiger partial charge in [0, 0.05) is 6.20 Å². The maximum Gasteiger partial charge on any atom is 0.433 e. The average molecular weight is 297 g/mol. The van der Waals surface area contributed by atoms with E-state index in [1.807, 2.05) is 0 Å². The van der Waals surface area contributed by atoms with Crippen molar-refractivity contribution in [2.45, 2.75) is 12.7 Å². The predicted octanol–water partition coefficient (Wildman–Crippen LogP) is 1.60. The van der Waals surface area contributed by atoms with E-state index in [0.29, 0.717) is 11.8 Å². The SMILES string of the molecule is NC(=O)c1ccc(C(F)(F)F)nc1NCc1cccnn1. The summed E-state index contributed by atoms with van der Waals surface area (Å²) >= 11 is 0. The highest BCUT2D eigenvalue weighted by Crippen LogP contribution is 2.29. The Morgan fingerprint density at radius 2 is 2.05 bits per heavy atom. The van der Waals surface area contributed by atoms with Crippen molar-refractivity contribution in [3.8, 4) is 0 Å². The van der Waals surface area contributed by atoms with E-state index < -0.39 is 17.8 Å². The van der Waals surface area contributed by atoms with Crippen molar-refractivity contribution >= 4 is 11.7 Å². The first kappa shape index (κ1) is 14.7. The van der Waals surface area contributed by atoms with Crippen LogP contribution in [0.25, 0.3) is 0 Å². The Kier molecular flexibility index (Phi) is 4.01. The summed E-state index contributed by atoms with van der Waals surface area (Å²) in [5, 5.41) is 10.00. The summed E-state index contributed by atoms with van der Waals surface area (Å²) in [4.78, 5) is 14.6. The molecule has 0 aliphatic rings. The van der Waals surface area contributed by atoms with Gasteiger partial charge in [-0.05, 0) is 24.3 Å². The number of rotatable bonds is 4. The number of aromatic nitrogens is 3. The molecule has 3 N–H and O–H groups in total. The van der Waals surface area contributed by atoms with Gasteiger partial charge in [0.1, 0.15) is 11.5 Å². The van der Waals surface area contributed by atoms with E-state index in [1.165, 1.54) is 6.20 Å². The van der Waals surface area contributed by atoms with Gasteiger partial charge in [0.2, 0.25) is 0 Å². The van der Waals surface area contributed by atoms with Gasteiger partial charge in [-0.3, -0.25) is 4.79 Å². The highest BCUT2D eigenvalue weighted by atomic mass is 19.4. The van der Waals surface area contributed by atoms with E-state index in [2.05, 4.69) is 20.5 Å². The number of carbonyl (C=O) groups excluding carboxylic acids is 1. The Balaban J connectivity index is 2.29. The van der Waals surface area contributed by atoms with Crippen molar-refractivity contribution in [1.29, 1.82) is 0 Å². The second-order valence-corrected chi connectivity index (χ2v) is 4.02. The zero-order valence-corrected chi connectivity index (χ0v) is 10.6. The molecule has 0 aliphatic carbocycles. The summed E-state index contributed by atoms with van der Waals surface area (Å²) in [6, 6.07) is 4.93. The number of anilines is 1. The number of halogens is 3. The number of nitrogens with two attached hydrogens (primary N) is 1. The first-order chi connectivity index (χ1) is 9.88. The molecule has 0 spiro atoms. The van der Waals surface area contributed by atoms with Crippen LogP contribution in [-0.4, -0.2) is 21.1 Å². The number of nitrogens with one attached hydrogen (secondary N) is 1. The molecular formula is C12H10F3N5O. The third-order valence-corrected chi connectivity index (χ3v) is 2.52. The van der Waals surface area contributed by atoms with Crippen LogP contribution in [0.15, 0.2) is 30.5 Å². The summed E-state index contributed by atoms with van der Waals surface area (Å²) in [7, 11) is 0. The lowest BCUT2D eigenvalue weighted by atomic mass is 10.2. The fraction of sp³-hybridized carbons (Fsp3) is 0.167. The summed E-state index contributed by atoms with van der Waals surface area (Å²) in [6.07, 6.45) is -3.15. The van der Waals surface area contributed by atoms with Gasteiger partial charge in [-0.2, -0.15) is 23.4 Å². The molecular weight excluding hydrogens is 287 g/mol. The predicted molar refractivity (Wildman–Crippen MR) is 67.1 cm³/mol. The largest absolute Gasteiger partial charge is 0.433 e. The number of pyridine rings is 1. The van der Waals surface area contributed by atoms with E-state index in [1.54, 1.807) is 12.1 Å². The zero-order chi connectivity index (χ0) is 15.5. The maximum absolute atomic E-state index is 12.6. The van der Waals surface area contributed by atoms with Crippen molar-refractivity contribution in [3.63, 3.8) is 0 Å². The number of nitrogens with zero attached hydrogens (tertiary/aromatic N) is 3. The highest BCUT2D eigenvalue weighted by Gasteiger charge is 2.33. The van der Waals surface area contributed by atoms with Crippen molar-refractivity contribution in [3.05, 3.63) is 47.4 Å². The minimum absolute atomic E-state index is 0.0580. The number of alkyl halides is 3. The van der Waals surface area contributed by atoms with Gasteiger partial charge in [0.05, 0.1) is 17.8 Å². The molecule has 0 saturated heterocycles. The average Bonchev–Trinajstić information content (AvgIpc) is 2.45. The smallest absolute Gasteiger partial charge is 0.365 e. The third-order valence-electron chi connectivity index (χ3n) is 2.52. The minimum atomic E-state index is -4.61. The number of carbonyl (C=O) groups is 1. The first-order valence-electron chi connectivity index (χ1n) is 5.76. The molecule has 2 rings (SSSR count). The lowest BCUT2D eigenvalue weighted by molar-refractivity contribution is -0.141. The fourth-order valence-electron chi connectivity index (χ4n) is 1.55. The Hall–Kier alpha value is -2.71. The van der Waals surface area contributed by atoms with E-state index in [0.717, 1.165) is 6.07 Å². The van der Waals surface area contributed by atoms with Crippen molar-refractivity contribution in [2.75, 3.05) is 5.32 Å². The molecule has 6 nitrogen and oxygen atoms in total. The lowest BCUT2D eigenvalue weighted by Gasteiger charge is -2.12. The van der Waals surface area contributed by atoms with Gasteiger partial charge < -0.3 is 11.1 Å². The van der Waals surface area contributed by atoms with Crippen molar-refractivity contribution < 1.29 is 18.0 Å². The Morgan fingerprint density at radius 3 is 2.62 bits per heavy atom. The molecule has 2 heterocycles. The lowest BCUT2D eigenvalue weighted by Crippen LogP contribution is -2.18. The summed E-state index contributed by atoms with van der Waals surface area (Å²) in [6.45, 7) is 0.0580. The van der Waals surface area contributed by atoms with Gasteiger partial charge in [-0.15, -0.1) is 0 Å². The van der Waals surface area contributed by atoms with Gasteiger partial charge >= 0.3 is 6.18 Å². The number of amides is 1. The standard InChI is InChI=1S/C12H10F3N5O/c13-12(14,15)9-4-3-8(10(16)21)11(19-9)17-6-7-2-1-5-18-20-7/h1-5H,6H2,(H2,16,21)(H,17,19). The molecule has 9 heteroatoms. The maximum atomic E-state index is 12.6. The molecule has 0 atom stereocenters. The van der Waals surface area contributed by atoms with Crippen LogP contribution in [0.2, 0.25) is 0 Å². The fourth-order valence-corrected chi connectivity index (χ4v) is 1.55. The van der Waals surface area contributed by atoms with Gasteiger partial charge in [0.25, 0.3) is 5.91 Å². The molecule has 21 heavy (non-hydrogen) atoms. The van der Waals surface area contributed by atoms with Crippen molar-refractivity contribution in [1.82, 2.24) is 15.2 Å². The molecule has 0 radical (unpaired) electrons. The molecule has 0 fully saturated rings. The number of hydrogen-bond acceptors (Lipinski definition) is 5. The van der Waals surface area contributed by atoms with Crippen LogP contribution in [0.1, 0.15) is 21.7 Å². The summed E-state index contributed by atoms with van der Waals surface area (Å²) < 4.78 is 37.9. The molecule has 0 aliphatic heterocycles. The summed E-state index contributed by atoms with van der Waals surface area (Å²) in [5.74, 6) is -1.12. The second-order valence-electron chi connectivity index (χ2n) is 4.02. The normalized spacial score (nSPS) is 11.2. The topological polar surface area (TPSA) is 93.8 Å². The van der Waals surface area contributed by atoms with E-state index in [9.17, 15) is 18.0 Å². The quantitative estimate of drug-likeness (QED) is 0.894. The van der Waals surface area contributed by atoms with Crippen LogP contribution in [0, 0.1) is 0 Å². The van der Waals surface area contributed by atoms with E-state index >= 15 is 0 Å². The van der Waals surface area contributed by atoms with E-state index in [-0.39, 0.29) is 17.9 Å². The number of hydrogen-bond donors (Lipinski definition) is 2. The molecule has 2 aromatic heterocycles. The molecule has 0 aromatic carbocycles. The summed E-state index contributed by atoms with van der Waals surface area (Å²) in [5.41, 5.74) is 4.34. The minimum Gasteiger partial charge on any atom is -0.365 e. The van der Waals surface area contributed by atoms with E-state index in [4.69, 9.17) is 5.73 Å². The Labute approximate surface area is 117 Å².